The highest BCUT2D eigenvalue weighted by atomic mass is 28.1. The Morgan fingerprint density at radius 1 is 1.40 bits per heavy atom. The Hall–Kier alpha value is -0.803. The Morgan fingerprint density at radius 3 is 2.93 bits per heavy atom. The quantitative estimate of drug-likeness (QED) is 0.692. The Bertz CT molecular complexity index is 332. The molecule has 0 saturated carbocycles. The fraction of sp³-hybridized carbons (Fsp3) is 0.500. The molecule has 1 fully saturated rings. The Labute approximate surface area is 94.0 Å². The second kappa shape index (κ2) is 4.81. The molecule has 15 heavy (non-hydrogen) atoms. The molecule has 2 nitrogen and oxygen atoms in total. The lowest BCUT2D eigenvalue weighted by atomic mass is 10.2. The smallest absolute Gasteiger partial charge is 0.199 e. The second-order valence-corrected chi connectivity index (χ2v) is 5.26. The van der Waals surface area contributed by atoms with Crippen molar-refractivity contribution in [3.63, 3.8) is 0 Å². The van der Waals surface area contributed by atoms with Crippen molar-refractivity contribution in [2.45, 2.75) is 32.5 Å². The summed E-state index contributed by atoms with van der Waals surface area (Å²) in [5.41, 5.74) is 1.30. The minimum Gasteiger partial charge on any atom is -0.465 e. The summed E-state index contributed by atoms with van der Waals surface area (Å²) >= 11 is 0. The predicted molar refractivity (Wildman–Crippen MR) is 65.0 cm³/mol. The highest BCUT2D eigenvalue weighted by Crippen LogP contribution is 2.17. The van der Waals surface area contributed by atoms with E-state index in [-0.39, 0.29) is 6.29 Å². The zero-order valence-electron chi connectivity index (χ0n) is 9.45. The van der Waals surface area contributed by atoms with E-state index in [4.69, 9.17) is 9.47 Å². The van der Waals surface area contributed by atoms with Crippen molar-refractivity contribution in [2.75, 3.05) is 6.61 Å². The molecule has 0 radical (unpaired) electrons. The number of hydrogen-bond donors (Lipinski definition) is 0. The summed E-state index contributed by atoms with van der Waals surface area (Å²) in [4.78, 5) is 0. The van der Waals surface area contributed by atoms with Crippen molar-refractivity contribution in [3.05, 3.63) is 23.8 Å². The third-order valence-corrected chi connectivity index (χ3v) is 3.51. The maximum atomic E-state index is 5.85. The molecule has 0 amide bonds. The summed E-state index contributed by atoms with van der Waals surface area (Å²) in [7, 11) is 1.02. The molecule has 0 aliphatic carbocycles. The summed E-state index contributed by atoms with van der Waals surface area (Å²) in [5, 5.41) is 1.32. The Balaban J connectivity index is 2.03. The van der Waals surface area contributed by atoms with Crippen LogP contribution in [0.1, 0.15) is 24.8 Å². The average Bonchev–Trinajstić information content (AvgIpc) is 2.24. The fourth-order valence-corrected chi connectivity index (χ4v) is 2.62. The summed E-state index contributed by atoms with van der Waals surface area (Å²) < 4.78 is 11.4. The lowest BCUT2D eigenvalue weighted by Crippen LogP contribution is -2.27. The SMILES string of the molecule is Cc1ccc(OC2CCCCO2)c([SiH3])c1. The van der Waals surface area contributed by atoms with Crippen molar-refractivity contribution in [1.82, 2.24) is 0 Å². The van der Waals surface area contributed by atoms with E-state index in [0.29, 0.717) is 0 Å². The summed E-state index contributed by atoms with van der Waals surface area (Å²) in [6, 6.07) is 6.36. The molecule has 1 atom stereocenters. The number of hydrogen-bond acceptors (Lipinski definition) is 2. The van der Waals surface area contributed by atoms with E-state index in [1.807, 2.05) is 0 Å². The van der Waals surface area contributed by atoms with Crippen LogP contribution < -0.4 is 9.92 Å². The zero-order chi connectivity index (χ0) is 10.7. The Morgan fingerprint density at radius 2 is 2.27 bits per heavy atom. The van der Waals surface area contributed by atoms with Gasteiger partial charge in [-0.2, -0.15) is 0 Å². The summed E-state index contributed by atoms with van der Waals surface area (Å²) in [6.07, 6.45) is 3.39. The molecule has 0 bridgehead atoms. The predicted octanol–water partition coefficient (Wildman–Crippen LogP) is 0.891. The van der Waals surface area contributed by atoms with E-state index in [9.17, 15) is 0 Å². The van der Waals surface area contributed by atoms with Crippen LogP contribution >= 0.6 is 0 Å². The standard InChI is InChI=1S/C12H18O2Si/c1-9-5-6-10(11(15)8-9)14-12-4-2-3-7-13-12/h5-6,8,12H,2-4,7H2,1,15H3. The molecule has 1 aliphatic rings. The van der Waals surface area contributed by atoms with Crippen LogP contribution in [0.5, 0.6) is 5.75 Å². The van der Waals surface area contributed by atoms with Crippen molar-refractivity contribution < 1.29 is 9.47 Å². The van der Waals surface area contributed by atoms with Gasteiger partial charge in [-0.3, -0.25) is 0 Å². The van der Waals surface area contributed by atoms with Gasteiger partial charge in [-0.25, -0.2) is 0 Å². The fourth-order valence-electron chi connectivity index (χ4n) is 1.88. The van der Waals surface area contributed by atoms with Gasteiger partial charge in [-0.15, -0.1) is 0 Å². The molecule has 1 aromatic rings. The van der Waals surface area contributed by atoms with Gasteiger partial charge >= 0.3 is 0 Å². The van der Waals surface area contributed by atoms with Crippen LogP contribution in [0.25, 0.3) is 0 Å². The molecule has 0 N–H and O–H groups in total. The molecule has 1 aromatic carbocycles. The lowest BCUT2D eigenvalue weighted by molar-refractivity contribution is -0.105. The molecule has 1 heterocycles. The van der Waals surface area contributed by atoms with E-state index in [0.717, 1.165) is 29.0 Å². The van der Waals surface area contributed by atoms with Crippen molar-refractivity contribution in [3.8, 4) is 5.75 Å². The molecule has 2 rings (SSSR count). The molecule has 1 aliphatic heterocycles. The van der Waals surface area contributed by atoms with Crippen LogP contribution in [0.2, 0.25) is 0 Å². The second-order valence-electron chi connectivity index (χ2n) is 4.18. The third-order valence-electron chi connectivity index (χ3n) is 2.73. The van der Waals surface area contributed by atoms with E-state index in [2.05, 4.69) is 25.1 Å². The Kier molecular flexibility index (Phi) is 3.44. The van der Waals surface area contributed by atoms with E-state index < -0.39 is 0 Å². The van der Waals surface area contributed by atoms with Gasteiger partial charge in [0.1, 0.15) is 5.75 Å². The van der Waals surface area contributed by atoms with Crippen LogP contribution in [-0.4, -0.2) is 23.1 Å². The van der Waals surface area contributed by atoms with Gasteiger partial charge < -0.3 is 9.47 Å². The van der Waals surface area contributed by atoms with Crippen LogP contribution in [0.15, 0.2) is 18.2 Å². The van der Waals surface area contributed by atoms with Gasteiger partial charge in [0.25, 0.3) is 0 Å². The molecule has 1 saturated heterocycles. The van der Waals surface area contributed by atoms with Crippen LogP contribution in [-0.2, 0) is 4.74 Å². The van der Waals surface area contributed by atoms with E-state index in [1.54, 1.807) is 0 Å². The maximum Gasteiger partial charge on any atom is 0.199 e. The number of rotatable bonds is 2. The third kappa shape index (κ3) is 2.83. The van der Waals surface area contributed by atoms with Gasteiger partial charge in [0.15, 0.2) is 6.29 Å². The van der Waals surface area contributed by atoms with Gasteiger partial charge in [-0.1, -0.05) is 17.7 Å². The van der Waals surface area contributed by atoms with Crippen LogP contribution in [0, 0.1) is 6.92 Å². The first-order chi connectivity index (χ1) is 7.25. The molecular formula is C12H18O2Si. The molecule has 0 spiro atoms. The summed E-state index contributed by atoms with van der Waals surface area (Å²) in [5.74, 6) is 1.01. The average molecular weight is 222 g/mol. The van der Waals surface area contributed by atoms with Crippen LogP contribution in [0.3, 0.4) is 0 Å². The van der Waals surface area contributed by atoms with Gasteiger partial charge in [0.05, 0.1) is 6.61 Å². The minimum atomic E-state index is -0.0193. The molecule has 0 aromatic heterocycles. The van der Waals surface area contributed by atoms with Gasteiger partial charge in [0.2, 0.25) is 0 Å². The van der Waals surface area contributed by atoms with Crippen molar-refractivity contribution in [1.29, 1.82) is 0 Å². The summed E-state index contributed by atoms with van der Waals surface area (Å²) in [6.45, 7) is 2.95. The first kappa shape index (κ1) is 10.7. The van der Waals surface area contributed by atoms with E-state index in [1.165, 1.54) is 23.6 Å². The molecule has 82 valence electrons. The number of aryl methyl sites for hydroxylation is 1. The van der Waals surface area contributed by atoms with Gasteiger partial charge in [-0.05, 0) is 31.0 Å². The number of benzene rings is 1. The first-order valence-corrected chi connectivity index (χ1v) is 6.61. The van der Waals surface area contributed by atoms with E-state index >= 15 is 0 Å². The van der Waals surface area contributed by atoms with Gasteiger partial charge in [0, 0.05) is 16.7 Å². The topological polar surface area (TPSA) is 18.5 Å². The molecule has 3 heteroatoms. The highest BCUT2D eigenvalue weighted by molar-refractivity contribution is 6.34. The largest absolute Gasteiger partial charge is 0.465 e. The molecular weight excluding hydrogens is 204 g/mol. The minimum absolute atomic E-state index is 0.0193. The van der Waals surface area contributed by atoms with Crippen molar-refractivity contribution >= 4 is 15.4 Å². The number of ether oxygens (including phenoxy) is 2. The maximum absolute atomic E-state index is 5.85. The molecule has 1 unspecified atom stereocenters. The van der Waals surface area contributed by atoms with Crippen molar-refractivity contribution in [2.24, 2.45) is 0 Å². The lowest BCUT2D eigenvalue weighted by Gasteiger charge is -2.24. The monoisotopic (exact) mass is 222 g/mol. The van der Waals surface area contributed by atoms with Crippen LogP contribution in [0.4, 0.5) is 0 Å². The zero-order valence-corrected chi connectivity index (χ0v) is 11.5. The highest BCUT2D eigenvalue weighted by Gasteiger charge is 2.15. The first-order valence-electron chi connectivity index (χ1n) is 5.61. The normalized spacial score (nSPS) is 21.5.